The second-order valence-corrected chi connectivity index (χ2v) is 9.09. The molecule has 1 atom stereocenters. The van der Waals surface area contributed by atoms with E-state index in [0.717, 1.165) is 19.3 Å². The van der Waals surface area contributed by atoms with Crippen molar-refractivity contribution >= 4 is 21.6 Å². The minimum atomic E-state index is -3.68. The molecule has 1 unspecified atom stereocenters. The van der Waals surface area contributed by atoms with E-state index in [9.17, 15) is 13.2 Å². The van der Waals surface area contributed by atoms with Crippen LogP contribution in [0.25, 0.3) is 0 Å². The van der Waals surface area contributed by atoms with Crippen LogP contribution >= 0.6 is 0 Å². The average Bonchev–Trinajstić information content (AvgIpc) is 2.75. The van der Waals surface area contributed by atoms with Crippen LogP contribution in [0.1, 0.15) is 49.0 Å². The summed E-state index contributed by atoms with van der Waals surface area (Å²) in [4.78, 5) is 12.9. The van der Waals surface area contributed by atoms with Crippen LogP contribution in [-0.2, 0) is 10.0 Å². The van der Waals surface area contributed by atoms with Gasteiger partial charge in [0, 0.05) is 18.2 Å². The van der Waals surface area contributed by atoms with Gasteiger partial charge in [0.05, 0.1) is 28.8 Å². The average molecular weight is 428 g/mol. The van der Waals surface area contributed by atoms with Crippen molar-refractivity contribution in [2.24, 2.45) is 0 Å². The molecular formula is C22H25N3O4S. The summed E-state index contributed by atoms with van der Waals surface area (Å²) in [5.74, 6) is -0.0365. The molecule has 0 radical (unpaired) electrons. The zero-order valence-electron chi connectivity index (χ0n) is 17.1. The van der Waals surface area contributed by atoms with Crippen molar-refractivity contribution in [1.82, 2.24) is 4.31 Å². The molecule has 1 amide bonds. The van der Waals surface area contributed by atoms with E-state index in [-0.39, 0.29) is 16.5 Å². The van der Waals surface area contributed by atoms with Gasteiger partial charge in [-0.25, -0.2) is 8.42 Å². The Labute approximate surface area is 177 Å². The summed E-state index contributed by atoms with van der Waals surface area (Å²) in [5.41, 5.74) is 0.952. The number of sulfonamides is 1. The van der Waals surface area contributed by atoms with Crippen LogP contribution in [0.3, 0.4) is 0 Å². The maximum Gasteiger partial charge on any atom is 0.255 e. The van der Waals surface area contributed by atoms with E-state index in [1.807, 2.05) is 19.9 Å². The van der Waals surface area contributed by atoms with E-state index in [4.69, 9.17) is 10.00 Å². The molecule has 0 spiro atoms. The molecule has 1 fully saturated rings. The summed E-state index contributed by atoms with van der Waals surface area (Å²) in [6, 6.07) is 12.7. The van der Waals surface area contributed by atoms with Gasteiger partial charge in [-0.2, -0.15) is 9.57 Å². The lowest BCUT2D eigenvalue weighted by atomic mass is 10.1. The van der Waals surface area contributed by atoms with Gasteiger partial charge in [0.15, 0.2) is 0 Å². The molecule has 1 N–H and O–H groups in total. The summed E-state index contributed by atoms with van der Waals surface area (Å²) >= 11 is 0. The molecule has 8 heteroatoms. The third-order valence-corrected chi connectivity index (χ3v) is 7.11. The van der Waals surface area contributed by atoms with Gasteiger partial charge >= 0.3 is 0 Å². The molecular weight excluding hydrogens is 402 g/mol. The smallest absolute Gasteiger partial charge is 0.255 e. The zero-order valence-corrected chi connectivity index (χ0v) is 17.9. The predicted molar refractivity (Wildman–Crippen MR) is 114 cm³/mol. The van der Waals surface area contributed by atoms with Crippen molar-refractivity contribution in [3.05, 3.63) is 53.6 Å². The van der Waals surface area contributed by atoms with Crippen LogP contribution in [0, 0.1) is 11.3 Å². The number of ether oxygens (including phenoxy) is 1. The van der Waals surface area contributed by atoms with Crippen LogP contribution < -0.4 is 10.1 Å². The highest BCUT2D eigenvalue weighted by molar-refractivity contribution is 7.89. The Morgan fingerprint density at radius 2 is 2.07 bits per heavy atom. The summed E-state index contributed by atoms with van der Waals surface area (Å²) in [6.07, 6.45) is 2.67. The van der Waals surface area contributed by atoms with E-state index >= 15 is 0 Å². The Balaban J connectivity index is 1.88. The van der Waals surface area contributed by atoms with Gasteiger partial charge in [0.25, 0.3) is 5.91 Å². The van der Waals surface area contributed by atoms with Crippen LogP contribution in [0.15, 0.2) is 47.4 Å². The van der Waals surface area contributed by atoms with Crippen LogP contribution in [0.4, 0.5) is 5.69 Å². The van der Waals surface area contributed by atoms with Gasteiger partial charge in [-0.3, -0.25) is 4.79 Å². The Bertz CT molecular complexity index is 1080. The minimum Gasteiger partial charge on any atom is -0.492 e. The largest absolute Gasteiger partial charge is 0.492 e. The third-order valence-electron chi connectivity index (χ3n) is 5.10. The second-order valence-electron chi connectivity index (χ2n) is 7.20. The van der Waals surface area contributed by atoms with Crippen molar-refractivity contribution in [1.29, 1.82) is 5.26 Å². The van der Waals surface area contributed by atoms with E-state index in [1.165, 1.54) is 22.5 Å². The lowest BCUT2D eigenvalue weighted by Gasteiger charge is -2.32. The second kappa shape index (κ2) is 9.28. The fraction of sp³-hybridized carbons (Fsp3) is 0.364. The molecule has 158 valence electrons. The zero-order chi connectivity index (χ0) is 21.7. The number of carbonyl (C=O) groups excluding carboxylic acids is 1. The number of amides is 1. The van der Waals surface area contributed by atoms with Gasteiger partial charge in [0.1, 0.15) is 5.75 Å². The Morgan fingerprint density at radius 1 is 1.27 bits per heavy atom. The number of hydrogen-bond acceptors (Lipinski definition) is 5. The van der Waals surface area contributed by atoms with Gasteiger partial charge in [0.2, 0.25) is 10.0 Å². The number of piperidine rings is 1. The lowest BCUT2D eigenvalue weighted by Crippen LogP contribution is -2.41. The van der Waals surface area contributed by atoms with Gasteiger partial charge in [-0.05, 0) is 63.1 Å². The highest BCUT2D eigenvalue weighted by atomic mass is 32.2. The summed E-state index contributed by atoms with van der Waals surface area (Å²) in [6.45, 7) is 4.61. The first-order valence-corrected chi connectivity index (χ1v) is 11.4. The molecule has 2 aromatic rings. The standard InChI is InChI=1S/C22H25N3O4S/c1-3-29-21-11-10-17(15-23)13-20(21)24-22(26)18-8-6-9-19(14-18)30(27,28)25-12-5-4-7-16(25)2/h6,8-11,13-14,16H,3-5,7,12H2,1-2H3,(H,24,26). The molecule has 0 bridgehead atoms. The van der Waals surface area contributed by atoms with E-state index in [2.05, 4.69) is 5.32 Å². The first-order chi connectivity index (χ1) is 14.4. The lowest BCUT2D eigenvalue weighted by molar-refractivity contribution is 0.102. The van der Waals surface area contributed by atoms with Crippen LogP contribution in [0.2, 0.25) is 0 Å². The molecule has 2 aromatic carbocycles. The highest BCUT2D eigenvalue weighted by Gasteiger charge is 2.31. The third kappa shape index (κ3) is 4.64. The van der Waals surface area contributed by atoms with Crippen molar-refractivity contribution in [2.45, 2.75) is 44.0 Å². The number of carbonyl (C=O) groups is 1. The topological polar surface area (TPSA) is 99.5 Å². The molecule has 3 rings (SSSR count). The number of nitriles is 1. The molecule has 7 nitrogen and oxygen atoms in total. The summed E-state index contributed by atoms with van der Waals surface area (Å²) in [7, 11) is -3.68. The summed E-state index contributed by atoms with van der Waals surface area (Å²) in [5, 5.41) is 11.9. The number of hydrogen-bond donors (Lipinski definition) is 1. The monoisotopic (exact) mass is 427 g/mol. The normalized spacial score (nSPS) is 17.2. The number of rotatable bonds is 6. The molecule has 1 aliphatic rings. The van der Waals surface area contributed by atoms with Crippen LogP contribution in [0.5, 0.6) is 5.75 Å². The van der Waals surface area contributed by atoms with Gasteiger partial charge in [-0.1, -0.05) is 12.5 Å². The summed E-state index contributed by atoms with van der Waals surface area (Å²) < 4.78 is 33.2. The van der Waals surface area contributed by atoms with Crippen molar-refractivity contribution in [3.63, 3.8) is 0 Å². The minimum absolute atomic E-state index is 0.0660. The van der Waals surface area contributed by atoms with E-state index < -0.39 is 15.9 Å². The molecule has 0 aromatic heterocycles. The van der Waals surface area contributed by atoms with E-state index in [0.29, 0.717) is 30.2 Å². The fourth-order valence-corrected chi connectivity index (χ4v) is 5.28. The van der Waals surface area contributed by atoms with Crippen LogP contribution in [-0.4, -0.2) is 37.8 Å². The molecule has 0 aliphatic carbocycles. The molecule has 1 aliphatic heterocycles. The van der Waals surface area contributed by atoms with Gasteiger partial charge < -0.3 is 10.1 Å². The van der Waals surface area contributed by atoms with Crippen molar-refractivity contribution < 1.29 is 17.9 Å². The molecule has 30 heavy (non-hydrogen) atoms. The fourth-order valence-electron chi connectivity index (χ4n) is 3.54. The Kier molecular flexibility index (Phi) is 6.75. The molecule has 1 heterocycles. The Morgan fingerprint density at radius 3 is 2.77 bits per heavy atom. The maximum absolute atomic E-state index is 13.1. The maximum atomic E-state index is 13.1. The first-order valence-electron chi connectivity index (χ1n) is 9.97. The SMILES string of the molecule is CCOc1ccc(C#N)cc1NC(=O)c1cccc(S(=O)(=O)N2CCCCC2C)c1. The quantitative estimate of drug-likeness (QED) is 0.756. The molecule has 0 saturated carbocycles. The first kappa shape index (κ1) is 21.8. The highest BCUT2D eigenvalue weighted by Crippen LogP contribution is 2.28. The van der Waals surface area contributed by atoms with E-state index in [1.54, 1.807) is 24.3 Å². The van der Waals surface area contributed by atoms with Crippen molar-refractivity contribution in [2.75, 3.05) is 18.5 Å². The van der Waals surface area contributed by atoms with Crippen molar-refractivity contribution in [3.8, 4) is 11.8 Å². The number of benzene rings is 2. The Hall–Kier alpha value is -2.89. The number of anilines is 1. The predicted octanol–water partition coefficient (Wildman–Crippen LogP) is 3.77. The van der Waals surface area contributed by atoms with Gasteiger partial charge in [-0.15, -0.1) is 0 Å². The number of nitrogens with zero attached hydrogens (tertiary/aromatic N) is 2. The number of nitrogens with one attached hydrogen (secondary N) is 1. The molecule has 1 saturated heterocycles.